The number of para-hydroxylation sites is 1. The predicted octanol–water partition coefficient (Wildman–Crippen LogP) is 1.64. The molecule has 1 aromatic carbocycles. The van der Waals surface area contributed by atoms with Gasteiger partial charge in [-0.1, -0.05) is 6.07 Å². The van der Waals surface area contributed by atoms with E-state index in [1.807, 2.05) is 0 Å². The Labute approximate surface area is 119 Å². The molecule has 0 fully saturated rings. The number of nitrogens with two attached hydrogens (primary N) is 1. The summed E-state index contributed by atoms with van der Waals surface area (Å²) in [5, 5.41) is 4.63. The van der Waals surface area contributed by atoms with Gasteiger partial charge in [0.1, 0.15) is 0 Å². The van der Waals surface area contributed by atoms with Crippen LogP contribution >= 0.6 is 15.9 Å². The smallest absolute Gasteiger partial charge is 0.321 e. The van der Waals surface area contributed by atoms with Crippen molar-refractivity contribution in [3.8, 4) is 5.75 Å². The first-order valence-corrected chi connectivity index (χ1v) is 6.54. The fraction of sp³-hybridized carbons (Fsp3) is 0.333. The number of anilines is 1. The van der Waals surface area contributed by atoms with Gasteiger partial charge < -0.3 is 15.8 Å². The van der Waals surface area contributed by atoms with Crippen molar-refractivity contribution in [2.45, 2.75) is 20.0 Å². The van der Waals surface area contributed by atoms with Gasteiger partial charge in [-0.3, -0.25) is 10.1 Å². The Hall–Kier alpha value is -1.76. The van der Waals surface area contributed by atoms with Crippen LogP contribution in [0.25, 0.3) is 0 Å². The molecular formula is C12H16BrN3O3. The molecule has 0 saturated carbocycles. The zero-order valence-corrected chi connectivity index (χ0v) is 12.3. The molecular weight excluding hydrogens is 314 g/mol. The molecule has 0 saturated heterocycles. The summed E-state index contributed by atoms with van der Waals surface area (Å²) in [6.07, 6.45) is -0.844. The maximum Gasteiger partial charge on any atom is 0.321 e. The number of rotatable bonds is 4. The SMILES string of the molecule is CCNC(=O)NC(=O)C(C)Oc1c(N)cccc1Br. The van der Waals surface area contributed by atoms with Gasteiger partial charge in [0, 0.05) is 6.54 Å². The number of nitrogens with one attached hydrogen (secondary N) is 2. The fourth-order valence-corrected chi connectivity index (χ4v) is 1.77. The Morgan fingerprint density at radius 3 is 2.74 bits per heavy atom. The van der Waals surface area contributed by atoms with E-state index in [4.69, 9.17) is 10.5 Å². The molecule has 0 aliphatic carbocycles. The summed E-state index contributed by atoms with van der Waals surface area (Å²) in [7, 11) is 0. The minimum absolute atomic E-state index is 0.376. The lowest BCUT2D eigenvalue weighted by Gasteiger charge is -2.16. The summed E-state index contributed by atoms with van der Waals surface area (Å²) in [5.41, 5.74) is 6.16. The molecule has 1 aromatic rings. The van der Waals surface area contributed by atoms with E-state index in [1.54, 1.807) is 25.1 Å². The summed E-state index contributed by atoms with van der Waals surface area (Å²) in [6.45, 7) is 3.73. The normalized spacial score (nSPS) is 11.5. The van der Waals surface area contributed by atoms with Gasteiger partial charge in [0.05, 0.1) is 10.2 Å². The quantitative estimate of drug-likeness (QED) is 0.732. The lowest BCUT2D eigenvalue weighted by molar-refractivity contribution is -0.126. The standard InChI is InChI=1S/C12H16BrN3O3/c1-3-15-12(18)16-11(17)7(2)19-10-8(13)5-4-6-9(10)14/h4-7H,3,14H2,1-2H3,(H2,15,16,17,18). The summed E-state index contributed by atoms with van der Waals surface area (Å²) in [5.74, 6) is -0.165. The van der Waals surface area contributed by atoms with Crippen LogP contribution in [0, 0.1) is 0 Å². The Morgan fingerprint density at radius 2 is 2.16 bits per heavy atom. The topological polar surface area (TPSA) is 93.5 Å². The summed E-state index contributed by atoms with van der Waals surface area (Å²) in [4.78, 5) is 22.9. The van der Waals surface area contributed by atoms with E-state index < -0.39 is 18.0 Å². The Balaban J connectivity index is 2.66. The monoisotopic (exact) mass is 329 g/mol. The summed E-state index contributed by atoms with van der Waals surface area (Å²) < 4.78 is 6.10. The third-order valence-electron chi connectivity index (χ3n) is 2.24. The van der Waals surface area contributed by atoms with E-state index in [0.717, 1.165) is 0 Å². The molecule has 0 bridgehead atoms. The highest BCUT2D eigenvalue weighted by atomic mass is 79.9. The molecule has 0 aromatic heterocycles. The molecule has 1 unspecified atom stereocenters. The number of nitrogen functional groups attached to an aromatic ring is 1. The molecule has 0 heterocycles. The molecule has 0 radical (unpaired) electrons. The van der Waals surface area contributed by atoms with Crippen molar-refractivity contribution in [2.75, 3.05) is 12.3 Å². The number of hydrogen-bond donors (Lipinski definition) is 3. The highest BCUT2D eigenvalue weighted by molar-refractivity contribution is 9.10. The van der Waals surface area contributed by atoms with Crippen LogP contribution in [0.15, 0.2) is 22.7 Å². The van der Waals surface area contributed by atoms with Crippen molar-refractivity contribution < 1.29 is 14.3 Å². The Kier molecular flexibility index (Phi) is 5.62. The number of ether oxygens (including phenoxy) is 1. The van der Waals surface area contributed by atoms with Crippen LogP contribution in [-0.2, 0) is 4.79 Å². The molecule has 1 atom stereocenters. The van der Waals surface area contributed by atoms with Gasteiger partial charge >= 0.3 is 6.03 Å². The van der Waals surface area contributed by atoms with E-state index in [1.165, 1.54) is 6.92 Å². The van der Waals surface area contributed by atoms with E-state index in [-0.39, 0.29) is 0 Å². The minimum atomic E-state index is -0.844. The van der Waals surface area contributed by atoms with Crippen LogP contribution in [-0.4, -0.2) is 24.6 Å². The molecule has 19 heavy (non-hydrogen) atoms. The zero-order valence-electron chi connectivity index (χ0n) is 10.7. The van der Waals surface area contributed by atoms with Crippen LogP contribution in [0.1, 0.15) is 13.8 Å². The lowest BCUT2D eigenvalue weighted by atomic mass is 10.3. The second-order valence-electron chi connectivity index (χ2n) is 3.77. The van der Waals surface area contributed by atoms with Crippen LogP contribution in [0.2, 0.25) is 0 Å². The van der Waals surface area contributed by atoms with Crippen molar-refractivity contribution in [1.82, 2.24) is 10.6 Å². The van der Waals surface area contributed by atoms with Gasteiger partial charge in [0.25, 0.3) is 5.91 Å². The highest BCUT2D eigenvalue weighted by Gasteiger charge is 2.19. The number of benzene rings is 1. The van der Waals surface area contributed by atoms with Gasteiger partial charge in [-0.25, -0.2) is 4.79 Å². The van der Waals surface area contributed by atoms with E-state index in [0.29, 0.717) is 22.5 Å². The highest BCUT2D eigenvalue weighted by Crippen LogP contribution is 2.31. The summed E-state index contributed by atoms with van der Waals surface area (Å²) in [6, 6.07) is 4.61. The maximum absolute atomic E-state index is 11.7. The molecule has 1 rings (SSSR count). The van der Waals surface area contributed by atoms with E-state index in [9.17, 15) is 9.59 Å². The van der Waals surface area contributed by atoms with Crippen LogP contribution in [0.4, 0.5) is 10.5 Å². The van der Waals surface area contributed by atoms with Gasteiger partial charge in [-0.05, 0) is 41.9 Å². The van der Waals surface area contributed by atoms with Gasteiger partial charge in [-0.2, -0.15) is 0 Å². The predicted molar refractivity (Wildman–Crippen MR) is 75.9 cm³/mol. The average Bonchev–Trinajstić information content (AvgIpc) is 2.34. The number of halogens is 1. The van der Waals surface area contributed by atoms with Crippen LogP contribution in [0.3, 0.4) is 0 Å². The van der Waals surface area contributed by atoms with Crippen molar-refractivity contribution in [3.63, 3.8) is 0 Å². The fourth-order valence-electron chi connectivity index (χ4n) is 1.30. The second-order valence-corrected chi connectivity index (χ2v) is 4.62. The maximum atomic E-state index is 11.7. The number of urea groups is 1. The number of amides is 3. The van der Waals surface area contributed by atoms with Crippen molar-refractivity contribution >= 4 is 33.6 Å². The average molecular weight is 330 g/mol. The van der Waals surface area contributed by atoms with Gasteiger partial charge in [-0.15, -0.1) is 0 Å². The van der Waals surface area contributed by atoms with Crippen molar-refractivity contribution in [1.29, 1.82) is 0 Å². The molecule has 0 spiro atoms. The summed E-state index contributed by atoms with van der Waals surface area (Å²) >= 11 is 3.28. The van der Waals surface area contributed by atoms with Crippen molar-refractivity contribution in [2.24, 2.45) is 0 Å². The molecule has 0 aliphatic heterocycles. The largest absolute Gasteiger partial charge is 0.478 e. The number of carbonyl (C=O) groups is 2. The van der Waals surface area contributed by atoms with E-state index in [2.05, 4.69) is 26.6 Å². The first kappa shape index (κ1) is 15.3. The molecule has 7 heteroatoms. The number of hydrogen-bond acceptors (Lipinski definition) is 4. The number of carbonyl (C=O) groups excluding carboxylic acids is 2. The first-order chi connectivity index (χ1) is 8.95. The molecule has 4 N–H and O–H groups in total. The Bertz CT molecular complexity index is 459. The van der Waals surface area contributed by atoms with Gasteiger partial charge in [0.2, 0.25) is 0 Å². The molecule has 0 aliphatic rings. The minimum Gasteiger partial charge on any atom is -0.478 e. The van der Waals surface area contributed by atoms with Crippen molar-refractivity contribution in [3.05, 3.63) is 22.7 Å². The third kappa shape index (κ3) is 4.44. The zero-order chi connectivity index (χ0) is 14.4. The van der Waals surface area contributed by atoms with Crippen LogP contribution < -0.4 is 21.1 Å². The third-order valence-corrected chi connectivity index (χ3v) is 2.86. The van der Waals surface area contributed by atoms with Crippen LogP contribution in [0.5, 0.6) is 5.75 Å². The Morgan fingerprint density at radius 1 is 1.47 bits per heavy atom. The molecule has 104 valence electrons. The second kappa shape index (κ2) is 6.98. The van der Waals surface area contributed by atoms with E-state index >= 15 is 0 Å². The number of imide groups is 1. The lowest BCUT2D eigenvalue weighted by Crippen LogP contribution is -2.45. The first-order valence-electron chi connectivity index (χ1n) is 5.75. The van der Waals surface area contributed by atoms with Gasteiger partial charge in [0.15, 0.2) is 11.9 Å². The molecule has 3 amide bonds. The molecule has 6 nitrogen and oxygen atoms in total.